The second kappa shape index (κ2) is 3.70. The Hall–Kier alpha value is -1.16. The van der Waals surface area contributed by atoms with Crippen molar-refractivity contribution in [2.45, 2.75) is 26.3 Å². The SMILES string of the molecule is CC(Cn1c(=S)[nH]c2cccnc21)C1CC1. The molecular weight excluding hydrogens is 218 g/mol. The zero-order valence-electron chi connectivity index (χ0n) is 9.31. The van der Waals surface area contributed by atoms with Gasteiger partial charge >= 0.3 is 0 Å². The Bertz CT molecular complexity index is 565. The number of fused-ring (bicyclic) bond motifs is 1. The summed E-state index contributed by atoms with van der Waals surface area (Å²) in [5.74, 6) is 1.60. The molecule has 1 fully saturated rings. The van der Waals surface area contributed by atoms with Gasteiger partial charge in [0.2, 0.25) is 0 Å². The van der Waals surface area contributed by atoms with Crippen LogP contribution >= 0.6 is 12.2 Å². The van der Waals surface area contributed by atoms with Crippen LogP contribution in [-0.4, -0.2) is 14.5 Å². The van der Waals surface area contributed by atoms with Crippen molar-refractivity contribution in [1.29, 1.82) is 0 Å². The third-order valence-electron chi connectivity index (χ3n) is 3.43. The van der Waals surface area contributed by atoms with Gasteiger partial charge in [0, 0.05) is 12.7 Å². The van der Waals surface area contributed by atoms with E-state index in [0.717, 1.165) is 28.4 Å². The van der Waals surface area contributed by atoms with Gasteiger partial charge in [-0.25, -0.2) is 4.98 Å². The molecule has 0 radical (unpaired) electrons. The summed E-state index contributed by atoms with van der Waals surface area (Å²) in [5, 5.41) is 0. The summed E-state index contributed by atoms with van der Waals surface area (Å²) in [4.78, 5) is 7.61. The van der Waals surface area contributed by atoms with Crippen molar-refractivity contribution in [3.05, 3.63) is 23.1 Å². The van der Waals surface area contributed by atoms with Gasteiger partial charge in [-0.2, -0.15) is 0 Å². The van der Waals surface area contributed by atoms with E-state index in [1.165, 1.54) is 12.8 Å². The zero-order chi connectivity index (χ0) is 11.1. The third-order valence-corrected chi connectivity index (χ3v) is 3.75. The van der Waals surface area contributed by atoms with E-state index in [9.17, 15) is 0 Å². The molecule has 2 aromatic heterocycles. The van der Waals surface area contributed by atoms with Gasteiger partial charge in [0.1, 0.15) is 0 Å². The predicted molar refractivity (Wildman–Crippen MR) is 66.8 cm³/mol. The minimum atomic E-state index is 0.702. The van der Waals surface area contributed by atoms with E-state index in [1.54, 1.807) is 0 Å². The molecule has 1 N–H and O–H groups in total. The van der Waals surface area contributed by atoms with E-state index in [1.807, 2.05) is 18.3 Å². The number of nitrogens with one attached hydrogen (secondary N) is 1. The van der Waals surface area contributed by atoms with Crippen LogP contribution in [0.3, 0.4) is 0 Å². The van der Waals surface area contributed by atoms with Crippen molar-refractivity contribution in [2.75, 3.05) is 0 Å². The maximum Gasteiger partial charge on any atom is 0.179 e. The number of nitrogens with zero attached hydrogens (tertiary/aromatic N) is 2. The van der Waals surface area contributed by atoms with E-state index in [2.05, 4.69) is 21.5 Å². The van der Waals surface area contributed by atoms with E-state index in [-0.39, 0.29) is 0 Å². The Morgan fingerprint density at radius 3 is 3.19 bits per heavy atom. The van der Waals surface area contributed by atoms with Crippen LogP contribution in [0.15, 0.2) is 18.3 Å². The summed E-state index contributed by atoms with van der Waals surface area (Å²) in [6.45, 7) is 3.29. The number of aromatic nitrogens is 3. The number of pyridine rings is 1. The normalized spacial score (nSPS) is 17.8. The zero-order valence-corrected chi connectivity index (χ0v) is 10.1. The van der Waals surface area contributed by atoms with Crippen LogP contribution in [0.5, 0.6) is 0 Å². The van der Waals surface area contributed by atoms with Crippen molar-refractivity contribution >= 4 is 23.4 Å². The third kappa shape index (κ3) is 1.67. The van der Waals surface area contributed by atoms with Crippen LogP contribution in [0.1, 0.15) is 19.8 Å². The standard InChI is InChI=1S/C12H15N3S/c1-8(9-4-5-9)7-15-11-10(14-12(15)16)3-2-6-13-11/h2-3,6,8-9H,4-5,7H2,1H3,(H,14,16). The first-order valence-electron chi connectivity index (χ1n) is 5.79. The topological polar surface area (TPSA) is 33.6 Å². The van der Waals surface area contributed by atoms with Crippen LogP contribution in [0.4, 0.5) is 0 Å². The smallest absolute Gasteiger partial charge is 0.179 e. The molecule has 0 aromatic carbocycles. The molecule has 0 saturated heterocycles. The van der Waals surface area contributed by atoms with Gasteiger partial charge in [-0.15, -0.1) is 0 Å². The average molecular weight is 233 g/mol. The van der Waals surface area contributed by atoms with Crippen LogP contribution in [0.25, 0.3) is 11.2 Å². The lowest BCUT2D eigenvalue weighted by molar-refractivity contribution is 0.432. The largest absolute Gasteiger partial charge is 0.329 e. The summed E-state index contributed by atoms with van der Waals surface area (Å²) in [5.41, 5.74) is 2.02. The maximum absolute atomic E-state index is 5.35. The van der Waals surface area contributed by atoms with Gasteiger partial charge in [0.25, 0.3) is 0 Å². The Kier molecular flexibility index (Phi) is 2.32. The Balaban J connectivity index is 2.01. The Morgan fingerprint density at radius 2 is 2.44 bits per heavy atom. The highest BCUT2D eigenvalue weighted by atomic mass is 32.1. The summed E-state index contributed by atoms with van der Waals surface area (Å²) in [6.07, 6.45) is 4.58. The summed E-state index contributed by atoms with van der Waals surface area (Å²) >= 11 is 5.35. The molecule has 1 unspecified atom stereocenters. The molecule has 0 bridgehead atoms. The lowest BCUT2D eigenvalue weighted by Gasteiger charge is -2.10. The van der Waals surface area contributed by atoms with Crippen LogP contribution in [0.2, 0.25) is 0 Å². The molecule has 1 saturated carbocycles. The van der Waals surface area contributed by atoms with Gasteiger partial charge in [0.15, 0.2) is 10.4 Å². The average Bonchev–Trinajstić information content (AvgIpc) is 3.06. The van der Waals surface area contributed by atoms with E-state index in [4.69, 9.17) is 12.2 Å². The van der Waals surface area contributed by atoms with Crippen molar-refractivity contribution < 1.29 is 0 Å². The number of hydrogen-bond acceptors (Lipinski definition) is 2. The molecule has 0 spiro atoms. The number of hydrogen-bond donors (Lipinski definition) is 1. The fourth-order valence-electron chi connectivity index (χ4n) is 2.26. The highest BCUT2D eigenvalue weighted by Gasteiger charge is 2.28. The molecule has 2 aromatic rings. The molecule has 1 aliphatic rings. The van der Waals surface area contributed by atoms with Crippen molar-refractivity contribution in [1.82, 2.24) is 14.5 Å². The van der Waals surface area contributed by atoms with E-state index in [0.29, 0.717) is 5.92 Å². The minimum Gasteiger partial charge on any atom is -0.329 e. The first-order chi connectivity index (χ1) is 7.75. The number of aromatic amines is 1. The second-order valence-corrected chi connectivity index (χ2v) is 5.12. The van der Waals surface area contributed by atoms with Gasteiger partial charge in [-0.05, 0) is 49.0 Å². The number of imidazole rings is 1. The molecule has 1 atom stereocenters. The Labute approximate surface area is 99.5 Å². The number of H-pyrrole nitrogens is 1. The molecule has 4 heteroatoms. The molecule has 3 nitrogen and oxygen atoms in total. The molecule has 0 aliphatic heterocycles. The quantitative estimate of drug-likeness (QED) is 0.826. The lowest BCUT2D eigenvalue weighted by Crippen LogP contribution is -2.09. The molecule has 84 valence electrons. The van der Waals surface area contributed by atoms with Gasteiger partial charge < -0.3 is 9.55 Å². The first kappa shape index (κ1) is 10.0. The summed E-state index contributed by atoms with van der Waals surface area (Å²) in [7, 11) is 0. The van der Waals surface area contributed by atoms with Crippen LogP contribution in [-0.2, 0) is 6.54 Å². The lowest BCUT2D eigenvalue weighted by atomic mass is 10.1. The van der Waals surface area contributed by atoms with Crippen molar-refractivity contribution in [3.63, 3.8) is 0 Å². The van der Waals surface area contributed by atoms with E-state index < -0.39 is 0 Å². The van der Waals surface area contributed by atoms with Crippen LogP contribution in [0, 0.1) is 16.6 Å². The molecular formula is C12H15N3S. The predicted octanol–water partition coefficient (Wildman–Crippen LogP) is 3.14. The van der Waals surface area contributed by atoms with Crippen LogP contribution < -0.4 is 0 Å². The molecule has 0 amide bonds. The van der Waals surface area contributed by atoms with Crippen molar-refractivity contribution in [3.8, 4) is 0 Å². The maximum atomic E-state index is 5.35. The van der Waals surface area contributed by atoms with Gasteiger partial charge in [-0.1, -0.05) is 6.92 Å². The molecule has 3 rings (SSSR count). The molecule has 1 aliphatic carbocycles. The minimum absolute atomic E-state index is 0.702. The molecule has 2 heterocycles. The molecule has 16 heavy (non-hydrogen) atoms. The highest BCUT2D eigenvalue weighted by Crippen LogP contribution is 2.37. The Morgan fingerprint density at radius 1 is 1.62 bits per heavy atom. The monoisotopic (exact) mass is 233 g/mol. The van der Waals surface area contributed by atoms with Crippen molar-refractivity contribution in [2.24, 2.45) is 11.8 Å². The first-order valence-corrected chi connectivity index (χ1v) is 6.20. The van der Waals surface area contributed by atoms with E-state index >= 15 is 0 Å². The summed E-state index contributed by atoms with van der Waals surface area (Å²) in [6, 6.07) is 3.96. The van der Waals surface area contributed by atoms with Gasteiger partial charge in [-0.3, -0.25) is 0 Å². The van der Waals surface area contributed by atoms with Gasteiger partial charge in [0.05, 0.1) is 5.52 Å². The fraction of sp³-hybridized carbons (Fsp3) is 0.500. The highest BCUT2D eigenvalue weighted by molar-refractivity contribution is 7.71. The second-order valence-electron chi connectivity index (χ2n) is 4.73. The summed E-state index contributed by atoms with van der Waals surface area (Å²) < 4.78 is 2.93. The fourth-order valence-corrected chi connectivity index (χ4v) is 2.53. The number of rotatable bonds is 3.